The van der Waals surface area contributed by atoms with Crippen LogP contribution in [0.2, 0.25) is 0 Å². The predicted molar refractivity (Wildman–Crippen MR) is 89.3 cm³/mol. The first-order chi connectivity index (χ1) is 10.8. The molecule has 0 saturated carbocycles. The smallest absolute Gasteiger partial charge is 0.263 e. The van der Waals surface area contributed by atoms with Crippen molar-refractivity contribution in [3.8, 4) is 11.5 Å². The van der Waals surface area contributed by atoms with Crippen LogP contribution in [0.15, 0.2) is 24.4 Å². The number of amides is 1. The van der Waals surface area contributed by atoms with E-state index >= 15 is 0 Å². The summed E-state index contributed by atoms with van der Waals surface area (Å²) in [6.07, 6.45) is 1.65. The largest absolute Gasteiger partial charge is 0.454 e. The molecule has 1 N–H and O–H groups in total. The maximum Gasteiger partial charge on any atom is 0.263 e. The number of benzene rings is 1. The monoisotopic (exact) mass is 332 g/mol. The average molecular weight is 332 g/mol. The van der Waals surface area contributed by atoms with Gasteiger partial charge >= 0.3 is 0 Å². The molecule has 1 aromatic carbocycles. The van der Waals surface area contributed by atoms with Gasteiger partial charge in [0, 0.05) is 5.41 Å². The fraction of sp³-hybridized carbons (Fsp3) is 0.412. The van der Waals surface area contributed by atoms with Crippen molar-refractivity contribution in [1.29, 1.82) is 0 Å². The Morgan fingerprint density at radius 1 is 1.30 bits per heavy atom. The third-order valence-electron chi connectivity index (χ3n) is 3.62. The van der Waals surface area contributed by atoms with Gasteiger partial charge in [-0.1, -0.05) is 26.8 Å². The lowest BCUT2D eigenvalue weighted by molar-refractivity contribution is 0.0943. The Labute approximate surface area is 139 Å². The number of hydrogen-bond donors (Lipinski definition) is 1. The molecule has 1 aliphatic rings. The number of nitrogens with zero attached hydrogens (tertiary/aromatic N) is 1. The Hall–Kier alpha value is -2.08. The highest BCUT2D eigenvalue weighted by atomic mass is 32.1. The molecule has 0 fully saturated rings. The summed E-state index contributed by atoms with van der Waals surface area (Å²) < 4.78 is 10.7. The Balaban J connectivity index is 1.71. The summed E-state index contributed by atoms with van der Waals surface area (Å²) in [6, 6.07) is 5.58. The topological polar surface area (TPSA) is 60.5 Å². The summed E-state index contributed by atoms with van der Waals surface area (Å²) in [7, 11) is 0. The minimum Gasteiger partial charge on any atom is -0.454 e. The zero-order valence-corrected chi connectivity index (χ0v) is 14.5. The van der Waals surface area contributed by atoms with Crippen molar-refractivity contribution >= 4 is 17.2 Å². The van der Waals surface area contributed by atoms with Crippen LogP contribution in [-0.4, -0.2) is 17.7 Å². The molecule has 2 aromatic rings. The lowest BCUT2D eigenvalue weighted by Gasteiger charge is -2.15. The molecule has 122 valence electrons. The Morgan fingerprint density at radius 3 is 2.74 bits per heavy atom. The van der Waals surface area contributed by atoms with Crippen LogP contribution in [0.1, 0.15) is 54.0 Å². The maximum absolute atomic E-state index is 12.4. The van der Waals surface area contributed by atoms with Crippen molar-refractivity contribution in [1.82, 2.24) is 10.3 Å². The zero-order valence-electron chi connectivity index (χ0n) is 13.7. The number of ether oxygens (including phenoxy) is 2. The summed E-state index contributed by atoms with van der Waals surface area (Å²) in [6.45, 7) is 8.45. The normalized spacial score (nSPS) is 14.6. The van der Waals surface area contributed by atoms with Gasteiger partial charge in [-0.25, -0.2) is 4.98 Å². The third kappa shape index (κ3) is 3.32. The molecular weight excluding hydrogens is 312 g/mol. The van der Waals surface area contributed by atoms with Gasteiger partial charge < -0.3 is 14.8 Å². The number of rotatable bonds is 3. The minimum atomic E-state index is -0.128. The van der Waals surface area contributed by atoms with Gasteiger partial charge in [0.05, 0.1) is 17.2 Å². The highest BCUT2D eigenvalue weighted by Crippen LogP contribution is 2.34. The van der Waals surface area contributed by atoms with Gasteiger partial charge in [-0.15, -0.1) is 11.3 Å². The van der Waals surface area contributed by atoms with Crippen LogP contribution in [0.3, 0.4) is 0 Å². The fourth-order valence-electron chi connectivity index (χ4n) is 2.26. The molecule has 1 aromatic heterocycles. The first-order valence-corrected chi connectivity index (χ1v) is 8.33. The van der Waals surface area contributed by atoms with E-state index in [4.69, 9.17) is 9.47 Å². The van der Waals surface area contributed by atoms with Crippen molar-refractivity contribution in [2.75, 3.05) is 6.79 Å². The van der Waals surface area contributed by atoms with Gasteiger partial charge in [-0.05, 0) is 24.6 Å². The van der Waals surface area contributed by atoms with E-state index in [1.165, 1.54) is 11.3 Å². The highest BCUT2D eigenvalue weighted by Gasteiger charge is 2.22. The summed E-state index contributed by atoms with van der Waals surface area (Å²) in [5.74, 6) is 1.35. The summed E-state index contributed by atoms with van der Waals surface area (Å²) in [5, 5.41) is 3.96. The van der Waals surface area contributed by atoms with Crippen molar-refractivity contribution < 1.29 is 14.3 Å². The molecule has 1 amide bonds. The van der Waals surface area contributed by atoms with Crippen LogP contribution in [-0.2, 0) is 5.41 Å². The molecule has 6 heteroatoms. The number of carbonyl (C=O) groups excluding carboxylic acids is 1. The van der Waals surface area contributed by atoms with Crippen molar-refractivity contribution in [3.05, 3.63) is 39.8 Å². The summed E-state index contributed by atoms with van der Waals surface area (Å²) >= 11 is 1.44. The molecule has 0 spiro atoms. The van der Waals surface area contributed by atoms with Crippen LogP contribution < -0.4 is 14.8 Å². The Kier molecular flexibility index (Phi) is 4.02. The molecule has 1 unspecified atom stereocenters. The van der Waals surface area contributed by atoms with E-state index in [0.29, 0.717) is 4.88 Å². The number of aromatic nitrogens is 1. The number of hydrogen-bond acceptors (Lipinski definition) is 5. The van der Waals surface area contributed by atoms with Crippen molar-refractivity contribution in [2.45, 2.75) is 39.2 Å². The van der Waals surface area contributed by atoms with E-state index in [9.17, 15) is 4.79 Å². The summed E-state index contributed by atoms with van der Waals surface area (Å²) in [4.78, 5) is 17.4. The molecule has 0 saturated heterocycles. The van der Waals surface area contributed by atoms with Gasteiger partial charge in [0.15, 0.2) is 11.5 Å². The van der Waals surface area contributed by atoms with Crippen LogP contribution in [0.25, 0.3) is 0 Å². The molecule has 0 bridgehead atoms. The molecule has 2 heterocycles. The van der Waals surface area contributed by atoms with E-state index in [2.05, 4.69) is 31.1 Å². The lowest BCUT2D eigenvalue weighted by Crippen LogP contribution is -2.25. The fourth-order valence-corrected chi connectivity index (χ4v) is 3.14. The van der Waals surface area contributed by atoms with E-state index in [0.717, 1.165) is 22.1 Å². The van der Waals surface area contributed by atoms with Gasteiger partial charge in [-0.2, -0.15) is 0 Å². The highest BCUT2D eigenvalue weighted by molar-refractivity contribution is 7.13. The molecule has 0 radical (unpaired) electrons. The van der Waals surface area contributed by atoms with E-state index in [1.807, 2.05) is 25.1 Å². The van der Waals surface area contributed by atoms with Gasteiger partial charge in [-0.3, -0.25) is 4.79 Å². The van der Waals surface area contributed by atoms with Crippen molar-refractivity contribution in [3.63, 3.8) is 0 Å². The second kappa shape index (κ2) is 5.85. The number of thiazole rings is 1. The molecule has 23 heavy (non-hydrogen) atoms. The first-order valence-electron chi connectivity index (χ1n) is 7.51. The predicted octanol–water partition coefficient (Wildman–Crippen LogP) is 3.66. The molecule has 3 rings (SSSR count). The Bertz CT molecular complexity index is 734. The van der Waals surface area contributed by atoms with Crippen LogP contribution in [0.5, 0.6) is 11.5 Å². The maximum atomic E-state index is 12.4. The minimum absolute atomic E-state index is 0.0495. The average Bonchev–Trinajstić information content (AvgIpc) is 3.14. The molecule has 0 aliphatic carbocycles. The van der Waals surface area contributed by atoms with Gasteiger partial charge in [0.1, 0.15) is 4.88 Å². The van der Waals surface area contributed by atoms with Crippen LogP contribution in [0, 0.1) is 0 Å². The lowest BCUT2D eigenvalue weighted by atomic mass is 9.98. The SMILES string of the molecule is CC(NC(=O)c1cnc(C(C)(C)C)s1)c1ccc2c(c1)OCO2. The van der Waals surface area contributed by atoms with Gasteiger partial charge in [0.2, 0.25) is 6.79 Å². The standard InChI is InChI=1S/C17H20N2O3S/c1-10(11-5-6-12-13(7-11)22-9-21-12)19-15(20)14-8-18-16(23-14)17(2,3)4/h5-8,10H,9H2,1-4H3,(H,19,20). The van der Waals surface area contributed by atoms with Gasteiger partial charge in [0.25, 0.3) is 5.91 Å². The third-order valence-corrected chi connectivity index (χ3v) is 5.04. The van der Waals surface area contributed by atoms with Crippen LogP contribution in [0.4, 0.5) is 0 Å². The number of carbonyl (C=O) groups is 1. The number of fused-ring (bicyclic) bond motifs is 1. The first kappa shape index (κ1) is 15.8. The Morgan fingerprint density at radius 2 is 2.04 bits per heavy atom. The second-order valence-electron chi connectivity index (χ2n) is 6.59. The molecule has 5 nitrogen and oxygen atoms in total. The van der Waals surface area contributed by atoms with Crippen molar-refractivity contribution in [2.24, 2.45) is 0 Å². The summed E-state index contributed by atoms with van der Waals surface area (Å²) in [5.41, 5.74) is 0.926. The molecule has 1 aliphatic heterocycles. The second-order valence-corrected chi connectivity index (χ2v) is 7.62. The zero-order chi connectivity index (χ0) is 16.6. The van der Waals surface area contributed by atoms with E-state index < -0.39 is 0 Å². The quantitative estimate of drug-likeness (QED) is 0.932. The van der Waals surface area contributed by atoms with E-state index in [1.54, 1.807) is 6.20 Å². The van der Waals surface area contributed by atoms with E-state index in [-0.39, 0.29) is 24.2 Å². The molecule has 1 atom stereocenters. The number of nitrogens with one attached hydrogen (secondary N) is 1. The molecular formula is C17H20N2O3S. The van der Waals surface area contributed by atoms with Crippen LogP contribution >= 0.6 is 11.3 Å².